The third kappa shape index (κ3) is 4.13. The van der Waals surface area contributed by atoms with E-state index in [9.17, 15) is 0 Å². The van der Waals surface area contributed by atoms with E-state index in [0.717, 1.165) is 12.1 Å². The molecule has 0 amide bonds. The summed E-state index contributed by atoms with van der Waals surface area (Å²) in [6, 6.07) is 5.79. The molecule has 2 rings (SSSR count). The fourth-order valence-corrected chi connectivity index (χ4v) is 2.18. The Labute approximate surface area is 119 Å². The summed E-state index contributed by atoms with van der Waals surface area (Å²) in [6.45, 7) is 7.06. The van der Waals surface area contributed by atoms with Crippen molar-refractivity contribution in [1.82, 2.24) is 15.1 Å². The average Bonchev–Trinajstić information content (AvgIpc) is 2.84. The average molecular weight is 274 g/mol. The van der Waals surface area contributed by atoms with Crippen LogP contribution in [0.3, 0.4) is 0 Å². The predicted molar refractivity (Wildman–Crippen MR) is 77.2 cm³/mol. The summed E-state index contributed by atoms with van der Waals surface area (Å²) in [5, 5.41) is 4.03. The van der Waals surface area contributed by atoms with Gasteiger partial charge in [0.2, 0.25) is 5.89 Å². The summed E-state index contributed by atoms with van der Waals surface area (Å²) < 4.78 is 5.37. The third-order valence-electron chi connectivity index (χ3n) is 3.04. The highest BCUT2D eigenvalue weighted by Gasteiger charge is 2.24. The van der Waals surface area contributed by atoms with Crippen molar-refractivity contribution >= 4 is 0 Å². The van der Waals surface area contributed by atoms with Crippen molar-refractivity contribution in [2.24, 2.45) is 11.1 Å². The van der Waals surface area contributed by atoms with Crippen LogP contribution in [0.1, 0.15) is 50.5 Å². The molecule has 0 saturated carbocycles. The smallest absolute Gasteiger partial charge is 0.231 e. The molecule has 0 saturated heterocycles. The molecular weight excluding hydrogens is 252 g/mol. The van der Waals surface area contributed by atoms with Crippen LogP contribution < -0.4 is 5.73 Å². The van der Waals surface area contributed by atoms with E-state index in [4.69, 9.17) is 10.3 Å². The van der Waals surface area contributed by atoms with Gasteiger partial charge in [-0.15, -0.1) is 0 Å². The molecule has 108 valence electrons. The summed E-state index contributed by atoms with van der Waals surface area (Å²) in [5.41, 5.74) is 6.94. The zero-order valence-corrected chi connectivity index (χ0v) is 12.3. The Kier molecular flexibility index (Phi) is 4.49. The van der Waals surface area contributed by atoms with Crippen LogP contribution in [-0.4, -0.2) is 21.7 Å². The third-order valence-corrected chi connectivity index (χ3v) is 3.04. The topological polar surface area (TPSA) is 77.8 Å². The molecule has 5 heteroatoms. The Bertz CT molecular complexity index is 530. The molecule has 20 heavy (non-hydrogen) atoms. The van der Waals surface area contributed by atoms with E-state index in [2.05, 4.69) is 35.9 Å². The van der Waals surface area contributed by atoms with E-state index < -0.39 is 0 Å². The Morgan fingerprint density at radius 3 is 2.70 bits per heavy atom. The van der Waals surface area contributed by atoms with Gasteiger partial charge in [-0.3, -0.25) is 4.98 Å². The number of hydrogen-bond donors (Lipinski definition) is 1. The maximum Gasteiger partial charge on any atom is 0.231 e. The highest BCUT2D eigenvalue weighted by atomic mass is 16.5. The van der Waals surface area contributed by atoms with Crippen LogP contribution in [0.5, 0.6) is 0 Å². The highest BCUT2D eigenvalue weighted by molar-refractivity contribution is 5.09. The largest absolute Gasteiger partial charge is 0.339 e. The second kappa shape index (κ2) is 6.13. The molecule has 2 aromatic heterocycles. The molecule has 5 nitrogen and oxygen atoms in total. The van der Waals surface area contributed by atoms with E-state index in [1.165, 1.54) is 0 Å². The van der Waals surface area contributed by atoms with E-state index in [-0.39, 0.29) is 11.3 Å². The predicted octanol–water partition coefficient (Wildman–Crippen LogP) is 2.53. The lowest BCUT2D eigenvalue weighted by atomic mass is 9.84. The second-order valence-corrected chi connectivity index (χ2v) is 6.24. The Balaban J connectivity index is 2.07. The number of nitrogens with zero attached hydrogens (tertiary/aromatic N) is 3. The Morgan fingerprint density at radius 1 is 1.30 bits per heavy atom. The molecule has 0 spiro atoms. The summed E-state index contributed by atoms with van der Waals surface area (Å²) in [5.74, 6) is 1.40. The molecule has 2 aromatic rings. The second-order valence-electron chi connectivity index (χ2n) is 6.24. The molecule has 0 aliphatic heterocycles. The van der Waals surface area contributed by atoms with Gasteiger partial charge in [-0.05, 0) is 24.0 Å². The summed E-state index contributed by atoms with van der Waals surface area (Å²) >= 11 is 0. The lowest BCUT2D eigenvalue weighted by molar-refractivity contribution is 0.286. The van der Waals surface area contributed by atoms with Gasteiger partial charge in [-0.2, -0.15) is 4.98 Å². The maximum absolute atomic E-state index is 5.83. The van der Waals surface area contributed by atoms with Crippen LogP contribution in [-0.2, 0) is 6.42 Å². The van der Waals surface area contributed by atoms with E-state index in [1.54, 1.807) is 6.20 Å². The van der Waals surface area contributed by atoms with Crippen molar-refractivity contribution < 1.29 is 4.52 Å². The van der Waals surface area contributed by atoms with Crippen molar-refractivity contribution in [3.05, 3.63) is 41.8 Å². The molecule has 1 atom stereocenters. The van der Waals surface area contributed by atoms with Gasteiger partial charge >= 0.3 is 0 Å². The molecule has 0 radical (unpaired) electrons. The van der Waals surface area contributed by atoms with Crippen LogP contribution in [0.4, 0.5) is 0 Å². The summed E-state index contributed by atoms with van der Waals surface area (Å²) in [4.78, 5) is 8.72. The van der Waals surface area contributed by atoms with Crippen LogP contribution in [0.2, 0.25) is 0 Å². The molecule has 0 bridgehead atoms. The monoisotopic (exact) mass is 274 g/mol. The Morgan fingerprint density at radius 2 is 2.10 bits per heavy atom. The number of rotatable bonds is 5. The maximum atomic E-state index is 5.83. The molecule has 1 unspecified atom stereocenters. The lowest BCUT2D eigenvalue weighted by Gasteiger charge is -2.22. The van der Waals surface area contributed by atoms with E-state index in [1.807, 2.05) is 18.2 Å². The highest BCUT2D eigenvalue weighted by Crippen LogP contribution is 2.29. The number of aromatic nitrogens is 3. The first-order chi connectivity index (χ1) is 9.48. The van der Waals surface area contributed by atoms with Gasteiger partial charge in [-0.25, -0.2) is 0 Å². The fourth-order valence-electron chi connectivity index (χ4n) is 2.18. The fraction of sp³-hybridized carbons (Fsp3) is 0.533. The number of pyridine rings is 1. The molecule has 2 heterocycles. The van der Waals surface area contributed by atoms with Gasteiger partial charge in [0.25, 0.3) is 0 Å². The number of hydrogen-bond acceptors (Lipinski definition) is 5. The van der Waals surface area contributed by atoms with Crippen LogP contribution in [0.25, 0.3) is 0 Å². The molecule has 0 aliphatic carbocycles. The number of nitrogens with two attached hydrogens (primary N) is 1. The molecule has 0 aromatic carbocycles. The molecular formula is C15H22N4O. The first-order valence-electron chi connectivity index (χ1n) is 6.90. The first kappa shape index (κ1) is 14.7. The van der Waals surface area contributed by atoms with Gasteiger partial charge in [0.05, 0.1) is 12.3 Å². The van der Waals surface area contributed by atoms with Crippen LogP contribution in [0, 0.1) is 5.41 Å². The van der Waals surface area contributed by atoms with E-state index in [0.29, 0.717) is 24.7 Å². The van der Waals surface area contributed by atoms with Crippen molar-refractivity contribution in [1.29, 1.82) is 0 Å². The van der Waals surface area contributed by atoms with Gasteiger partial charge in [0.15, 0.2) is 5.82 Å². The van der Waals surface area contributed by atoms with Gasteiger partial charge in [0.1, 0.15) is 0 Å². The quantitative estimate of drug-likeness (QED) is 0.906. The van der Waals surface area contributed by atoms with Crippen molar-refractivity contribution in [2.75, 3.05) is 6.54 Å². The minimum atomic E-state index is 0.111. The normalized spacial score (nSPS) is 13.4. The van der Waals surface area contributed by atoms with Gasteiger partial charge in [-0.1, -0.05) is 32.0 Å². The summed E-state index contributed by atoms with van der Waals surface area (Å²) in [7, 11) is 0. The summed E-state index contributed by atoms with van der Waals surface area (Å²) in [6.07, 6.45) is 3.27. The SMILES string of the molecule is CC(C)(C)CC(CN)c1nc(Cc2ccccn2)no1. The standard InChI is InChI=1S/C15H22N4O/c1-15(2,3)9-11(10-16)14-18-13(19-20-14)8-12-6-4-5-7-17-12/h4-7,11H,8-10,16H2,1-3H3. The van der Waals surface area contributed by atoms with Crippen molar-refractivity contribution in [3.63, 3.8) is 0 Å². The minimum Gasteiger partial charge on any atom is -0.339 e. The van der Waals surface area contributed by atoms with Crippen LogP contribution in [0.15, 0.2) is 28.9 Å². The van der Waals surface area contributed by atoms with Crippen LogP contribution >= 0.6 is 0 Å². The molecule has 0 aliphatic rings. The lowest BCUT2D eigenvalue weighted by Crippen LogP contribution is -2.19. The van der Waals surface area contributed by atoms with Crippen molar-refractivity contribution in [2.45, 2.75) is 39.5 Å². The van der Waals surface area contributed by atoms with Gasteiger partial charge < -0.3 is 10.3 Å². The minimum absolute atomic E-state index is 0.111. The molecule has 0 fully saturated rings. The van der Waals surface area contributed by atoms with Gasteiger partial charge in [0, 0.05) is 18.4 Å². The Hall–Kier alpha value is -1.75. The first-order valence-corrected chi connectivity index (χ1v) is 6.90. The zero-order valence-electron chi connectivity index (χ0n) is 12.3. The molecule has 2 N–H and O–H groups in total. The van der Waals surface area contributed by atoms with E-state index >= 15 is 0 Å². The van der Waals surface area contributed by atoms with Crippen molar-refractivity contribution in [3.8, 4) is 0 Å². The zero-order chi connectivity index (χ0) is 14.6.